The molecule has 1 amide bonds. The van der Waals surface area contributed by atoms with Crippen molar-refractivity contribution in [2.24, 2.45) is 10.9 Å². The second kappa shape index (κ2) is 11.2. The molecule has 1 saturated heterocycles. The lowest BCUT2D eigenvalue weighted by atomic mass is 9.92. The second-order valence-corrected chi connectivity index (χ2v) is 8.90. The zero-order valence-corrected chi connectivity index (χ0v) is 20.4. The van der Waals surface area contributed by atoms with Crippen LogP contribution in [0.2, 0.25) is 0 Å². The first kappa shape index (κ1) is 24.2. The van der Waals surface area contributed by atoms with Gasteiger partial charge in [0.2, 0.25) is 5.91 Å². The second-order valence-electron chi connectivity index (χ2n) is 7.95. The fourth-order valence-electron chi connectivity index (χ4n) is 3.14. The van der Waals surface area contributed by atoms with Crippen molar-refractivity contribution in [3.63, 3.8) is 0 Å². The monoisotopic (exact) mass is 506 g/mol. The van der Waals surface area contributed by atoms with E-state index in [4.69, 9.17) is 4.99 Å². The molecule has 1 aromatic rings. The molecule has 0 bridgehead atoms. The maximum Gasteiger partial charge on any atom is 0.225 e. The molecule has 1 aromatic heterocycles. The summed E-state index contributed by atoms with van der Waals surface area (Å²) >= 11 is 1.79. The minimum Gasteiger partial charge on any atom is -0.357 e. The average Bonchev–Trinajstić information content (AvgIpc) is 3.15. The lowest BCUT2D eigenvalue weighted by Crippen LogP contribution is -2.50. The number of hydrogen-bond acceptors (Lipinski definition) is 3. The van der Waals surface area contributed by atoms with E-state index in [1.165, 1.54) is 4.88 Å². The van der Waals surface area contributed by atoms with Crippen LogP contribution < -0.4 is 10.6 Å². The molecule has 2 heterocycles. The molecule has 0 atom stereocenters. The number of likely N-dealkylation sites (tertiary alicyclic amines) is 1. The molecule has 1 aliphatic rings. The fraction of sp³-hybridized carbons (Fsp3) is 0.700. The van der Waals surface area contributed by atoms with Gasteiger partial charge in [-0.05, 0) is 31.2 Å². The number of nitrogens with one attached hydrogen (secondary N) is 2. The van der Waals surface area contributed by atoms with Crippen LogP contribution in [0.5, 0.6) is 0 Å². The Bertz CT molecular complexity index is 593. The Hall–Kier alpha value is -0.830. The van der Waals surface area contributed by atoms with E-state index in [0.717, 1.165) is 45.0 Å². The first-order chi connectivity index (χ1) is 12.3. The van der Waals surface area contributed by atoms with Gasteiger partial charge in [-0.3, -0.25) is 9.79 Å². The number of halogens is 1. The van der Waals surface area contributed by atoms with E-state index >= 15 is 0 Å². The normalized spacial score (nSPS) is 16.2. The number of nitrogens with zero attached hydrogens (tertiary/aromatic N) is 2. The van der Waals surface area contributed by atoms with Gasteiger partial charge in [0.25, 0.3) is 0 Å². The molecule has 1 aliphatic heterocycles. The van der Waals surface area contributed by atoms with E-state index in [1.807, 2.05) is 18.7 Å². The van der Waals surface area contributed by atoms with Crippen LogP contribution in [0.3, 0.4) is 0 Å². The van der Waals surface area contributed by atoms with Gasteiger partial charge in [0, 0.05) is 41.9 Å². The maximum atomic E-state index is 12.1. The molecule has 0 radical (unpaired) electrons. The van der Waals surface area contributed by atoms with Gasteiger partial charge in [-0.1, -0.05) is 33.8 Å². The van der Waals surface area contributed by atoms with E-state index in [9.17, 15) is 4.79 Å². The SMILES string of the molecule is CCNC(=NCC(C)(C)c1cccs1)NC1CCN(C(=O)C(C)C)CC1.I. The lowest BCUT2D eigenvalue weighted by Gasteiger charge is -2.34. The van der Waals surface area contributed by atoms with Crippen LogP contribution in [-0.4, -0.2) is 49.0 Å². The molecule has 1 fully saturated rings. The molecule has 154 valence electrons. The Balaban J connectivity index is 0.00000364. The van der Waals surface area contributed by atoms with Crippen LogP contribution in [0, 0.1) is 5.92 Å². The first-order valence-corrected chi connectivity index (χ1v) is 10.6. The van der Waals surface area contributed by atoms with Gasteiger partial charge < -0.3 is 15.5 Å². The summed E-state index contributed by atoms with van der Waals surface area (Å²) in [5.74, 6) is 1.23. The zero-order chi connectivity index (χ0) is 19.2. The molecule has 0 aromatic carbocycles. The topological polar surface area (TPSA) is 56.7 Å². The Morgan fingerprint density at radius 3 is 2.56 bits per heavy atom. The molecule has 0 spiro atoms. The van der Waals surface area contributed by atoms with Gasteiger partial charge in [0.1, 0.15) is 0 Å². The van der Waals surface area contributed by atoms with Crippen LogP contribution in [0.1, 0.15) is 52.3 Å². The molecular weight excluding hydrogens is 471 g/mol. The Morgan fingerprint density at radius 2 is 2.04 bits per heavy atom. The van der Waals surface area contributed by atoms with E-state index in [0.29, 0.717) is 6.04 Å². The van der Waals surface area contributed by atoms with Gasteiger partial charge in [-0.2, -0.15) is 0 Å². The van der Waals surface area contributed by atoms with Crippen LogP contribution in [0.25, 0.3) is 0 Å². The van der Waals surface area contributed by atoms with Crippen molar-refractivity contribution in [2.45, 2.75) is 58.9 Å². The van der Waals surface area contributed by atoms with Crippen LogP contribution >= 0.6 is 35.3 Å². The number of aliphatic imine (C=N–C) groups is 1. The minimum absolute atomic E-state index is 0. The van der Waals surface area contributed by atoms with Crippen molar-refractivity contribution in [2.75, 3.05) is 26.2 Å². The van der Waals surface area contributed by atoms with Gasteiger partial charge >= 0.3 is 0 Å². The first-order valence-electron chi connectivity index (χ1n) is 9.71. The van der Waals surface area contributed by atoms with E-state index < -0.39 is 0 Å². The van der Waals surface area contributed by atoms with E-state index in [1.54, 1.807) is 11.3 Å². The molecule has 0 saturated carbocycles. The summed E-state index contributed by atoms with van der Waals surface area (Å²) in [5.41, 5.74) is 0.0313. The molecule has 2 N–H and O–H groups in total. The quantitative estimate of drug-likeness (QED) is 0.350. The number of rotatable bonds is 6. The largest absolute Gasteiger partial charge is 0.357 e. The average molecular weight is 506 g/mol. The third-order valence-electron chi connectivity index (χ3n) is 4.81. The van der Waals surface area contributed by atoms with Gasteiger partial charge in [0.05, 0.1) is 6.54 Å². The summed E-state index contributed by atoms with van der Waals surface area (Å²) in [7, 11) is 0. The summed E-state index contributed by atoms with van der Waals surface area (Å²) < 4.78 is 0. The molecule has 27 heavy (non-hydrogen) atoms. The van der Waals surface area contributed by atoms with E-state index in [2.05, 4.69) is 48.9 Å². The highest BCUT2D eigenvalue weighted by Crippen LogP contribution is 2.27. The lowest BCUT2D eigenvalue weighted by molar-refractivity contribution is -0.135. The minimum atomic E-state index is 0. The molecular formula is C20H35IN4OS. The standard InChI is InChI=1S/C20H34N4OS.HI/c1-6-21-19(22-14-20(4,5)17-8-7-13-26-17)23-16-9-11-24(12-10-16)18(25)15(2)3;/h7-8,13,15-16H,6,9-12,14H2,1-5H3,(H2,21,22,23);1H. The van der Waals surface area contributed by atoms with Gasteiger partial charge in [-0.25, -0.2) is 0 Å². The fourth-order valence-corrected chi connectivity index (χ4v) is 3.99. The molecule has 2 rings (SSSR count). The number of piperidine rings is 1. The van der Waals surface area contributed by atoms with Crippen molar-refractivity contribution in [3.8, 4) is 0 Å². The van der Waals surface area contributed by atoms with Crippen LogP contribution in [0.15, 0.2) is 22.5 Å². The highest BCUT2D eigenvalue weighted by molar-refractivity contribution is 14.0. The predicted molar refractivity (Wildman–Crippen MR) is 126 cm³/mol. The van der Waals surface area contributed by atoms with Crippen molar-refractivity contribution in [1.82, 2.24) is 15.5 Å². The Labute approximate surface area is 185 Å². The van der Waals surface area contributed by atoms with Crippen LogP contribution in [0.4, 0.5) is 0 Å². The number of hydrogen-bond donors (Lipinski definition) is 2. The number of thiophene rings is 1. The maximum absolute atomic E-state index is 12.1. The van der Waals surface area contributed by atoms with Crippen LogP contribution in [-0.2, 0) is 10.2 Å². The molecule has 7 heteroatoms. The number of guanidine groups is 1. The van der Waals surface area contributed by atoms with Crippen molar-refractivity contribution in [1.29, 1.82) is 0 Å². The summed E-state index contributed by atoms with van der Waals surface area (Å²) in [6, 6.07) is 4.65. The molecule has 5 nitrogen and oxygen atoms in total. The Morgan fingerprint density at radius 1 is 1.37 bits per heavy atom. The zero-order valence-electron chi connectivity index (χ0n) is 17.2. The third kappa shape index (κ3) is 7.25. The molecule has 0 unspecified atom stereocenters. The van der Waals surface area contributed by atoms with Gasteiger partial charge in [0.15, 0.2) is 5.96 Å². The van der Waals surface area contributed by atoms with Crippen molar-refractivity contribution in [3.05, 3.63) is 22.4 Å². The molecule has 0 aliphatic carbocycles. The summed E-state index contributed by atoms with van der Waals surface area (Å²) in [5, 5.41) is 9.05. The summed E-state index contributed by atoms with van der Waals surface area (Å²) in [6.45, 7) is 13.7. The summed E-state index contributed by atoms with van der Waals surface area (Å²) in [6.07, 6.45) is 1.94. The Kier molecular flexibility index (Phi) is 10.1. The van der Waals surface area contributed by atoms with Crippen molar-refractivity contribution >= 4 is 47.2 Å². The van der Waals surface area contributed by atoms with Crippen molar-refractivity contribution < 1.29 is 4.79 Å². The highest BCUT2D eigenvalue weighted by atomic mass is 127. The third-order valence-corrected chi connectivity index (χ3v) is 6.04. The highest BCUT2D eigenvalue weighted by Gasteiger charge is 2.25. The smallest absolute Gasteiger partial charge is 0.225 e. The number of carbonyl (C=O) groups excluding carboxylic acids is 1. The van der Waals surface area contributed by atoms with Gasteiger partial charge in [-0.15, -0.1) is 35.3 Å². The summed E-state index contributed by atoms with van der Waals surface area (Å²) in [4.78, 5) is 20.3. The number of carbonyl (C=O) groups is 1. The van der Waals surface area contributed by atoms with E-state index in [-0.39, 0.29) is 41.2 Å². The number of amides is 1. The predicted octanol–water partition coefficient (Wildman–Crippen LogP) is 3.85.